The van der Waals surface area contributed by atoms with Crippen LogP contribution in [0.1, 0.15) is 25.8 Å². The Kier molecular flexibility index (Phi) is 5.11. The molecule has 2 rings (SSSR count). The van der Waals surface area contributed by atoms with E-state index in [4.69, 9.17) is 0 Å². The Balaban J connectivity index is 1.94. The molecule has 1 aliphatic rings. The Hall–Kier alpha value is -1.00. The second kappa shape index (κ2) is 6.64. The highest BCUT2D eigenvalue weighted by Gasteiger charge is 2.30. The van der Waals surface area contributed by atoms with Crippen molar-refractivity contribution in [3.05, 3.63) is 35.4 Å². The molecule has 1 fully saturated rings. The number of hydrogen-bond acceptors (Lipinski definition) is 2. The summed E-state index contributed by atoms with van der Waals surface area (Å²) in [6.45, 7) is 6.39. The van der Waals surface area contributed by atoms with E-state index in [0.29, 0.717) is 24.4 Å². The Morgan fingerprint density at radius 1 is 1.20 bits per heavy atom. The summed E-state index contributed by atoms with van der Waals surface area (Å²) in [5, 5.41) is 3.37. The zero-order valence-electron chi connectivity index (χ0n) is 12.5. The third kappa shape index (κ3) is 3.55. The summed E-state index contributed by atoms with van der Waals surface area (Å²) in [6, 6.07) is 4.83. The average Bonchev–Trinajstić information content (AvgIpc) is 2.39. The van der Waals surface area contributed by atoms with Crippen LogP contribution in [-0.2, 0) is 6.42 Å². The predicted octanol–water partition coefficient (Wildman–Crippen LogP) is 2.83. The summed E-state index contributed by atoms with van der Waals surface area (Å²) in [5.74, 6) is -0.399. The highest BCUT2D eigenvalue weighted by Crippen LogP contribution is 2.23. The monoisotopic (exact) mass is 282 g/mol. The molecule has 0 amide bonds. The Bertz CT molecular complexity index is 430. The fourth-order valence-electron chi connectivity index (χ4n) is 3.19. The van der Waals surface area contributed by atoms with Crippen molar-refractivity contribution in [2.24, 2.45) is 5.92 Å². The maximum atomic E-state index is 13.2. The Morgan fingerprint density at radius 3 is 2.45 bits per heavy atom. The first kappa shape index (κ1) is 15.4. The highest BCUT2D eigenvalue weighted by atomic mass is 19.1. The molecule has 2 nitrogen and oxygen atoms in total. The van der Waals surface area contributed by atoms with Crippen molar-refractivity contribution < 1.29 is 8.78 Å². The second-order valence-corrected chi connectivity index (χ2v) is 5.85. The number of hydrogen-bond donors (Lipinski definition) is 1. The first-order valence-corrected chi connectivity index (χ1v) is 7.37. The average molecular weight is 282 g/mol. The summed E-state index contributed by atoms with van der Waals surface area (Å²) in [7, 11) is 2.01. The minimum atomic E-state index is -0.490. The van der Waals surface area contributed by atoms with E-state index in [1.807, 2.05) is 7.05 Å². The Morgan fingerprint density at radius 2 is 1.85 bits per heavy atom. The first-order chi connectivity index (χ1) is 9.51. The molecule has 112 valence electrons. The van der Waals surface area contributed by atoms with Gasteiger partial charge in [0.1, 0.15) is 11.6 Å². The maximum Gasteiger partial charge on any atom is 0.126 e. The molecule has 0 aromatic heterocycles. The van der Waals surface area contributed by atoms with Crippen molar-refractivity contribution >= 4 is 0 Å². The van der Waals surface area contributed by atoms with Crippen molar-refractivity contribution in [3.63, 3.8) is 0 Å². The van der Waals surface area contributed by atoms with Gasteiger partial charge in [-0.2, -0.15) is 0 Å². The van der Waals surface area contributed by atoms with Crippen LogP contribution in [0.25, 0.3) is 0 Å². The first-order valence-electron chi connectivity index (χ1n) is 7.37. The lowest BCUT2D eigenvalue weighted by molar-refractivity contribution is 0.0889. The zero-order chi connectivity index (χ0) is 14.7. The van der Waals surface area contributed by atoms with Crippen molar-refractivity contribution in [2.75, 3.05) is 20.1 Å². The summed E-state index contributed by atoms with van der Waals surface area (Å²) < 4.78 is 26.3. The number of likely N-dealkylation sites (tertiary alicyclic amines) is 1. The third-order valence-electron chi connectivity index (χ3n) is 4.68. The van der Waals surface area contributed by atoms with E-state index in [0.717, 1.165) is 31.1 Å². The van der Waals surface area contributed by atoms with Gasteiger partial charge in [-0.1, -0.05) is 6.92 Å². The zero-order valence-corrected chi connectivity index (χ0v) is 12.5. The van der Waals surface area contributed by atoms with E-state index < -0.39 is 11.6 Å². The molecule has 3 unspecified atom stereocenters. The lowest BCUT2D eigenvalue weighted by atomic mass is 9.87. The molecule has 0 saturated carbocycles. The third-order valence-corrected chi connectivity index (χ3v) is 4.68. The minimum absolute atomic E-state index is 0.486. The number of piperidine rings is 1. The van der Waals surface area contributed by atoms with Gasteiger partial charge in [0.05, 0.1) is 0 Å². The van der Waals surface area contributed by atoms with E-state index in [1.54, 1.807) is 0 Å². The molecular weight excluding hydrogens is 258 g/mol. The normalized spacial score (nSPS) is 27.8. The van der Waals surface area contributed by atoms with Crippen LogP contribution in [-0.4, -0.2) is 37.1 Å². The van der Waals surface area contributed by atoms with E-state index >= 15 is 0 Å². The number of halogens is 2. The summed E-state index contributed by atoms with van der Waals surface area (Å²) in [4.78, 5) is 2.42. The van der Waals surface area contributed by atoms with Gasteiger partial charge in [-0.05, 0) is 57.0 Å². The van der Waals surface area contributed by atoms with Crippen LogP contribution in [0.15, 0.2) is 18.2 Å². The SMILES string of the molecule is CNC1CCN(CCc2cc(F)cc(F)c2)C(C)C1C. The van der Waals surface area contributed by atoms with Crippen molar-refractivity contribution in [3.8, 4) is 0 Å². The van der Waals surface area contributed by atoms with Crippen molar-refractivity contribution in [1.29, 1.82) is 0 Å². The summed E-state index contributed by atoms with van der Waals surface area (Å²) in [6.07, 6.45) is 1.81. The van der Waals surface area contributed by atoms with E-state index in [-0.39, 0.29) is 0 Å². The van der Waals surface area contributed by atoms with Crippen LogP contribution in [0.5, 0.6) is 0 Å². The number of nitrogens with zero attached hydrogens (tertiary/aromatic N) is 1. The molecule has 1 saturated heterocycles. The largest absolute Gasteiger partial charge is 0.317 e. The molecule has 4 heteroatoms. The van der Waals surface area contributed by atoms with Gasteiger partial charge in [-0.3, -0.25) is 4.90 Å². The van der Waals surface area contributed by atoms with E-state index in [2.05, 4.69) is 24.1 Å². The van der Waals surface area contributed by atoms with Crippen molar-refractivity contribution in [2.45, 2.75) is 38.8 Å². The molecule has 20 heavy (non-hydrogen) atoms. The molecule has 1 aliphatic heterocycles. The van der Waals surface area contributed by atoms with Gasteiger partial charge in [-0.15, -0.1) is 0 Å². The topological polar surface area (TPSA) is 15.3 Å². The molecule has 0 radical (unpaired) electrons. The van der Waals surface area contributed by atoms with Gasteiger partial charge in [0, 0.05) is 24.7 Å². The lowest BCUT2D eigenvalue weighted by Gasteiger charge is -2.42. The maximum absolute atomic E-state index is 13.2. The van der Waals surface area contributed by atoms with Crippen LogP contribution in [0.3, 0.4) is 0 Å². The second-order valence-electron chi connectivity index (χ2n) is 5.85. The standard InChI is InChI=1S/C16H24F2N2/c1-11-12(2)20(7-5-16(11)19-3)6-4-13-8-14(17)10-15(18)9-13/h8-12,16,19H,4-7H2,1-3H3. The molecule has 0 spiro atoms. The molecule has 1 aromatic rings. The van der Waals surface area contributed by atoms with E-state index in [1.165, 1.54) is 12.1 Å². The fourth-order valence-corrected chi connectivity index (χ4v) is 3.19. The van der Waals surface area contributed by atoms with Crippen molar-refractivity contribution in [1.82, 2.24) is 10.2 Å². The Labute approximate surface area is 120 Å². The quantitative estimate of drug-likeness (QED) is 0.913. The molecule has 1 N–H and O–H groups in total. The highest BCUT2D eigenvalue weighted by molar-refractivity contribution is 5.18. The van der Waals surface area contributed by atoms with Crippen LogP contribution in [0.4, 0.5) is 8.78 Å². The van der Waals surface area contributed by atoms with Crippen LogP contribution < -0.4 is 5.32 Å². The molecule has 0 aliphatic carbocycles. The fraction of sp³-hybridized carbons (Fsp3) is 0.625. The minimum Gasteiger partial charge on any atom is -0.317 e. The summed E-state index contributed by atoms with van der Waals surface area (Å²) >= 11 is 0. The smallest absolute Gasteiger partial charge is 0.126 e. The van der Waals surface area contributed by atoms with Crippen LogP contribution in [0, 0.1) is 17.6 Å². The lowest BCUT2D eigenvalue weighted by Crippen LogP contribution is -2.53. The molecular formula is C16H24F2N2. The molecule has 1 aromatic carbocycles. The van der Waals surface area contributed by atoms with Gasteiger partial charge < -0.3 is 5.32 Å². The van der Waals surface area contributed by atoms with E-state index in [9.17, 15) is 8.78 Å². The van der Waals surface area contributed by atoms with Gasteiger partial charge in [-0.25, -0.2) is 8.78 Å². The van der Waals surface area contributed by atoms with Gasteiger partial charge in [0.15, 0.2) is 0 Å². The molecule has 0 bridgehead atoms. The predicted molar refractivity (Wildman–Crippen MR) is 77.7 cm³/mol. The van der Waals surface area contributed by atoms with Crippen LogP contribution >= 0.6 is 0 Å². The van der Waals surface area contributed by atoms with Gasteiger partial charge >= 0.3 is 0 Å². The van der Waals surface area contributed by atoms with Gasteiger partial charge in [0.2, 0.25) is 0 Å². The number of benzene rings is 1. The number of rotatable bonds is 4. The van der Waals surface area contributed by atoms with Gasteiger partial charge in [0.25, 0.3) is 0 Å². The molecule has 3 atom stereocenters. The molecule has 1 heterocycles. The van der Waals surface area contributed by atoms with Crippen LogP contribution in [0.2, 0.25) is 0 Å². The summed E-state index contributed by atoms with van der Waals surface area (Å²) in [5.41, 5.74) is 0.734. The number of nitrogens with one attached hydrogen (secondary N) is 1.